The zero-order valence-electron chi connectivity index (χ0n) is 17.7. The molecule has 3 heterocycles. The molecule has 2 aliphatic rings. The number of amides is 1. The van der Waals surface area contributed by atoms with Crippen LogP contribution in [-0.2, 0) is 9.53 Å². The lowest BCUT2D eigenvalue weighted by Crippen LogP contribution is -2.33. The lowest BCUT2D eigenvalue weighted by Gasteiger charge is -2.33. The van der Waals surface area contributed by atoms with E-state index in [4.69, 9.17) is 19.9 Å². The molecular formula is C23H24N4O4. The maximum absolute atomic E-state index is 12.6. The fourth-order valence-electron chi connectivity index (χ4n) is 4.01. The molecule has 0 aliphatic carbocycles. The first-order valence-corrected chi connectivity index (χ1v) is 10.00. The van der Waals surface area contributed by atoms with Crippen LogP contribution in [0.5, 0.6) is 11.6 Å². The Morgan fingerprint density at radius 2 is 2.16 bits per heavy atom. The molecule has 1 saturated heterocycles. The van der Waals surface area contributed by atoms with E-state index in [0.717, 1.165) is 16.8 Å². The highest BCUT2D eigenvalue weighted by molar-refractivity contribution is 5.98. The minimum absolute atomic E-state index is 0.311. The van der Waals surface area contributed by atoms with Gasteiger partial charge in [-0.05, 0) is 31.5 Å². The molecule has 4 rings (SSSR count). The van der Waals surface area contributed by atoms with Gasteiger partial charge in [0.2, 0.25) is 11.8 Å². The highest BCUT2D eigenvalue weighted by Crippen LogP contribution is 2.48. The standard InChI is InChI=1S/C23H24N4O4/c1-12-8-26-23(31-11-15-9-30-10-15)20-19(18(22(25)28)13(2)27-21(12)20)16-5-4-14(7-24)6-17(16)29-3/h4-6,8,15,19,27H,9-11H2,1-3H3,(H2,25,28). The summed E-state index contributed by atoms with van der Waals surface area (Å²) in [5.74, 6) is 0.125. The van der Waals surface area contributed by atoms with Gasteiger partial charge in [0, 0.05) is 28.9 Å². The second-order valence-electron chi connectivity index (χ2n) is 7.78. The molecule has 2 aliphatic heterocycles. The molecule has 1 aromatic carbocycles. The summed E-state index contributed by atoms with van der Waals surface area (Å²) in [7, 11) is 1.53. The summed E-state index contributed by atoms with van der Waals surface area (Å²) in [5, 5.41) is 12.6. The SMILES string of the molecule is COc1cc(C#N)ccc1C1C(C(N)=O)=C(C)Nc2c(C)cnc(OCC3COC3)c21. The van der Waals surface area contributed by atoms with Crippen LogP contribution in [0.3, 0.4) is 0 Å². The summed E-state index contributed by atoms with van der Waals surface area (Å²) >= 11 is 0. The molecule has 1 amide bonds. The summed E-state index contributed by atoms with van der Waals surface area (Å²) in [4.78, 5) is 17.1. The molecule has 1 aromatic heterocycles. The van der Waals surface area contributed by atoms with Crippen molar-refractivity contribution in [1.82, 2.24) is 4.98 Å². The summed E-state index contributed by atoms with van der Waals surface area (Å²) in [6, 6.07) is 7.26. The Hall–Kier alpha value is -3.57. The first kappa shape index (κ1) is 20.7. The normalized spacial score (nSPS) is 17.8. The lowest BCUT2D eigenvalue weighted by atomic mass is 9.79. The number of benzene rings is 1. The fraction of sp³-hybridized carbons (Fsp3) is 0.348. The zero-order chi connectivity index (χ0) is 22.1. The highest BCUT2D eigenvalue weighted by atomic mass is 16.5. The third-order valence-corrected chi connectivity index (χ3v) is 5.67. The maximum atomic E-state index is 12.6. The predicted octanol–water partition coefficient (Wildman–Crippen LogP) is 2.61. The van der Waals surface area contributed by atoms with Crippen molar-refractivity contribution in [2.75, 3.05) is 32.2 Å². The van der Waals surface area contributed by atoms with Crippen molar-refractivity contribution >= 4 is 11.6 Å². The summed E-state index contributed by atoms with van der Waals surface area (Å²) in [6.45, 7) is 5.54. The number of nitrogens with one attached hydrogen (secondary N) is 1. The number of nitrogens with two attached hydrogens (primary N) is 1. The van der Waals surface area contributed by atoms with E-state index < -0.39 is 11.8 Å². The molecule has 2 aromatic rings. The molecule has 31 heavy (non-hydrogen) atoms. The molecule has 8 heteroatoms. The number of pyridine rings is 1. The monoisotopic (exact) mass is 420 g/mol. The average Bonchev–Trinajstić information content (AvgIpc) is 2.72. The van der Waals surface area contributed by atoms with E-state index in [1.165, 1.54) is 7.11 Å². The lowest BCUT2D eigenvalue weighted by molar-refractivity contribution is -0.114. The highest BCUT2D eigenvalue weighted by Gasteiger charge is 2.37. The van der Waals surface area contributed by atoms with Crippen molar-refractivity contribution in [3.63, 3.8) is 0 Å². The number of ether oxygens (including phenoxy) is 3. The van der Waals surface area contributed by atoms with Crippen molar-refractivity contribution in [1.29, 1.82) is 5.26 Å². The van der Waals surface area contributed by atoms with Gasteiger partial charge in [-0.1, -0.05) is 6.07 Å². The second kappa shape index (κ2) is 8.28. The van der Waals surface area contributed by atoms with Crippen molar-refractivity contribution in [2.45, 2.75) is 19.8 Å². The largest absolute Gasteiger partial charge is 0.496 e. The number of aryl methyl sites for hydroxylation is 1. The van der Waals surface area contributed by atoms with E-state index in [1.54, 1.807) is 24.4 Å². The third-order valence-electron chi connectivity index (χ3n) is 5.67. The van der Waals surface area contributed by atoms with Crippen LogP contribution < -0.4 is 20.5 Å². The molecule has 160 valence electrons. The van der Waals surface area contributed by atoms with Crippen molar-refractivity contribution in [3.05, 3.63) is 57.9 Å². The quantitative estimate of drug-likeness (QED) is 0.737. The third kappa shape index (κ3) is 3.68. The molecule has 3 N–H and O–H groups in total. The van der Waals surface area contributed by atoms with Crippen LogP contribution >= 0.6 is 0 Å². The molecule has 0 radical (unpaired) electrons. The van der Waals surface area contributed by atoms with Gasteiger partial charge >= 0.3 is 0 Å². The van der Waals surface area contributed by atoms with Crippen LogP contribution in [0, 0.1) is 24.2 Å². The number of allylic oxidation sites excluding steroid dienone is 1. The first-order chi connectivity index (χ1) is 14.9. The van der Waals surface area contributed by atoms with Crippen LogP contribution in [-0.4, -0.2) is 37.8 Å². The molecule has 8 nitrogen and oxygen atoms in total. The maximum Gasteiger partial charge on any atom is 0.247 e. The summed E-state index contributed by atoms with van der Waals surface area (Å²) in [5.41, 5.74) is 10.5. The number of primary amides is 1. The molecular weight excluding hydrogens is 396 g/mol. The second-order valence-corrected chi connectivity index (χ2v) is 7.78. The molecule has 0 saturated carbocycles. The minimum atomic E-state index is -0.559. The number of fused-ring (bicyclic) bond motifs is 1. The number of rotatable bonds is 6. The van der Waals surface area contributed by atoms with Gasteiger partial charge in [-0.25, -0.2) is 4.98 Å². The van der Waals surface area contributed by atoms with Gasteiger partial charge in [-0.2, -0.15) is 5.26 Å². The first-order valence-electron chi connectivity index (χ1n) is 10.00. The minimum Gasteiger partial charge on any atom is -0.496 e. The Kier molecular flexibility index (Phi) is 5.53. The number of methoxy groups -OCH3 is 1. The van der Waals surface area contributed by atoms with E-state index in [-0.39, 0.29) is 0 Å². The Morgan fingerprint density at radius 1 is 1.39 bits per heavy atom. The summed E-state index contributed by atoms with van der Waals surface area (Å²) < 4.78 is 16.9. The van der Waals surface area contributed by atoms with Crippen LogP contribution in [0.15, 0.2) is 35.7 Å². The van der Waals surface area contributed by atoms with E-state index >= 15 is 0 Å². The van der Waals surface area contributed by atoms with E-state index in [2.05, 4.69) is 16.4 Å². The van der Waals surface area contributed by atoms with E-state index in [9.17, 15) is 10.1 Å². The Morgan fingerprint density at radius 3 is 2.77 bits per heavy atom. The number of carbonyl (C=O) groups is 1. The van der Waals surface area contributed by atoms with Gasteiger partial charge < -0.3 is 25.3 Å². The molecule has 0 spiro atoms. The Bertz CT molecular complexity index is 1120. The number of hydrogen-bond acceptors (Lipinski definition) is 7. The molecule has 1 atom stereocenters. The molecule has 0 bridgehead atoms. The fourth-order valence-corrected chi connectivity index (χ4v) is 4.01. The van der Waals surface area contributed by atoms with Crippen molar-refractivity contribution in [2.24, 2.45) is 11.7 Å². The van der Waals surface area contributed by atoms with Crippen LogP contribution in [0.1, 0.15) is 35.1 Å². The van der Waals surface area contributed by atoms with Crippen LogP contribution in [0.4, 0.5) is 5.69 Å². The van der Waals surface area contributed by atoms with Gasteiger partial charge in [0.05, 0.1) is 55.7 Å². The number of hydrogen-bond donors (Lipinski definition) is 2. The number of nitriles is 1. The van der Waals surface area contributed by atoms with Crippen molar-refractivity contribution < 1.29 is 19.0 Å². The average molecular weight is 420 g/mol. The van der Waals surface area contributed by atoms with Crippen molar-refractivity contribution in [3.8, 4) is 17.7 Å². The zero-order valence-corrected chi connectivity index (χ0v) is 17.7. The topological polar surface area (TPSA) is 119 Å². The predicted molar refractivity (Wildman–Crippen MR) is 114 cm³/mol. The number of carbonyl (C=O) groups excluding carboxylic acids is 1. The summed E-state index contributed by atoms with van der Waals surface area (Å²) in [6.07, 6.45) is 1.74. The number of nitrogens with zero attached hydrogens (tertiary/aromatic N) is 2. The van der Waals surface area contributed by atoms with Gasteiger partial charge in [-0.15, -0.1) is 0 Å². The number of anilines is 1. The van der Waals surface area contributed by atoms with Crippen LogP contribution in [0.2, 0.25) is 0 Å². The van der Waals surface area contributed by atoms with Crippen LogP contribution in [0.25, 0.3) is 0 Å². The molecule has 1 unspecified atom stereocenters. The number of aromatic nitrogens is 1. The smallest absolute Gasteiger partial charge is 0.247 e. The van der Waals surface area contributed by atoms with Gasteiger partial charge in [0.25, 0.3) is 0 Å². The van der Waals surface area contributed by atoms with Gasteiger partial charge in [0.1, 0.15) is 5.75 Å². The van der Waals surface area contributed by atoms with E-state index in [1.807, 2.05) is 13.8 Å². The van der Waals surface area contributed by atoms with E-state index in [0.29, 0.717) is 59.8 Å². The molecule has 1 fully saturated rings. The van der Waals surface area contributed by atoms with Gasteiger partial charge in [0.15, 0.2) is 0 Å². The van der Waals surface area contributed by atoms with Gasteiger partial charge in [-0.3, -0.25) is 4.79 Å². The Labute approximate surface area is 180 Å². The Balaban J connectivity index is 1.91.